The monoisotopic (exact) mass is 635 g/mol. The molecule has 1 aliphatic heterocycles. The summed E-state index contributed by atoms with van der Waals surface area (Å²) in [5.41, 5.74) is 8.61. The van der Waals surface area contributed by atoms with E-state index in [0.717, 1.165) is 83.2 Å². The van der Waals surface area contributed by atoms with Crippen molar-refractivity contribution in [2.75, 3.05) is 11.9 Å². The first kappa shape index (κ1) is 31.1. The van der Waals surface area contributed by atoms with E-state index in [9.17, 15) is 4.79 Å². The van der Waals surface area contributed by atoms with E-state index >= 15 is 0 Å². The molecule has 8 heteroatoms. The number of amides is 1. The van der Waals surface area contributed by atoms with Crippen molar-refractivity contribution in [3.8, 4) is 33.6 Å². The van der Waals surface area contributed by atoms with E-state index < -0.39 is 0 Å². The van der Waals surface area contributed by atoms with E-state index in [-0.39, 0.29) is 23.9 Å². The van der Waals surface area contributed by atoms with Crippen LogP contribution in [0.2, 0.25) is 0 Å². The van der Waals surface area contributed by atoms with Crippen molar-refractivity contribution in [3.05, 3.63) is 133 Å². The third-order valence-electron chi connectivity index (χ3n) is 9.21. The van der Waals surface area contributed by atoms with Gasteiger partial charge >= 0.3 is 0 Å². The van der Waals surface area contributed by atoms with Gasteiger partial charge in [-0.3, -0.25) is 9.78 Å². The number of aryl methyl sites for hydroxylation is 2. The first-order chi connectivity index (χ1) is 23.5. The maximum atomic E-state index is 13.8. The smallest absolute Gasteiger partial charge is 0.245 e. The lowest BCUT2D eigenvalue weighted by Gasteiger charge is -2.30. The molecule has 1 saturated heterocycles. The summed E-state index contributed by atoms with van der Waals surface area (Å²) in [5, 5.41) is 3.41. The number of carbonyl (C=O) groups is 1. The summed E-state index contributed by atoms with van der Waals surface area (Å²) in [5.74, 6) is 2.05. The normalized spacial score (nSPS) is 15.1. The Morgan fingerprint density at radius 1 is 0.792 bits per heavy atom. The maximum absolute atomic E-state index is 13.8. The second-order valence-electron chi connectivity index (χ2n) is 12.9. The Kier molecular flexibility index (Phi) is 9.14. The Labute approximate surface area is 281 Å². The van der Waals surface area contributed by atoms with E-state index in [4.69, 9.17) is 4.98 Å². The highest BCUT2D eigenvalue weighted by molar-refractivity contribution is 5.85. The van der Waals surface area contributed by atoms with Crippen LogP contribution in [0.3, 0.4) is 0 Å². The van der Waals surface area contributed by atoms with Gasteiger partial charge in [0.05, 0.1) is 35.5 Å². The molecular formula is C40H41N7O. The Bertz CT molecular complexity index is 1930. The summed E-state index contributed by atoms with van der Waals surface area (Å²) in [7, 11) is 0. The average Bonchev–Trinajstić information content (AvgIpc) is 3.92. The van der Waals surface area contributed by atoms with Crippen molar-refractivity contribution in [2.45, 2.75) is 51.6 Å². The standard InChI is InChI=1S/C40H41N7O/c1-27(2)38(44-33-10-6-22-41-24-33)40(48)47-23-7-11-36(47)39-43-26-35(46-39)32-19-15-30(16-20-32)29-13-17-31(18-14-29)34-25-42-37(45-34)21-12-28-8-4-3-5-9-28/h3-6,8-10,13-20,22,24-27,36,38,44H,7,11-12,21,23H2,1-2H3,(H,42,45)(H,43,46). The number of anilines is 1. The van der Waals surface area contributed by atoms with Crippen LogP contribution in [-0.2, 0) is 17.6 Å². The molecule has 2 atom stereocenters. The fraction of sp³-hybridized carbons (Fsp3) is 0.250. The minimum atomic E-state index is -0.340. The summed E-state index contributed by atoms with van der Waals surface area (Å²) in [6, 6.07) is 31.0. The van der Waals surface area contributed by atoms with E-state index in [0.29, 0.717) is 0 Å². The number of carbonyl (C=O) groups excluding carboxylic acids is 1. The molecule has 0 bridgehead atoms. The average molecular weight is 636 g/mol. The SMILES string of the molecule is CC(C)C(Nc1cccnc1)C(=O)N1CCCC1c1ncc(-c2ccc(-c3ccc(-c4cnc(CCc5ccccc5)[nH]4)cc3)cc2)[nH]1. The second kappa shape index (κ2) is 14.1. The molecule has 7 rings (SSSR count). The van der Waals surface area contributed by atoms with Crippen LogP contribution in [0.4, 0.5) is 5.69 Å². The number of nitrogens with one attached hydrogen (secondary N) is 3. The van der Waals surface area contributed by atoms with E-state index in [1.165, 1.54) is 5.56 Å². The summed E-state index contributed by atoms with van der Waals surface area (Å²) < 4.78 is 0. The number of benzene rings is 3. The predicted octanol–water partition coefficient (Wildman–Crippen LogP) is 8.11. The molecule has 3 aromatic carbocycles. The molecule has 4 heterocycles. The number of rotatable bonds is 11. The number of H-pyrrole nitrogens is 2. The topological polar surface area (TPSA) is 103 Å². The lowest BCUT2D eigenvalue weighted by molar-refractivity contribution is -0.134. The number of hydrogen-bond donors (Lipinski definition) is 3. The molecule has 242 valence electrons. The number of likely N-dealkylation sites (tertiary alicyclic amines) is 1. The van der Waals surface area contributed by atoms with Crippen molar-refractivity contribution < 1.29 is 4.79 Å². The van der Waals surface area contributed by atoms with Crippen LogP contribution in [0, 0.1) is 5.92 Å². The van der Waals surface area contributed by atoms with Crippen molar-refractivity contribution >= 4 is 11.6 Å². The minimum Gasteiger partial charge on any atom is -0.372 e. The van der Waals surface area contributed by atoms with Crippen molar-refractivity contribution in [1.82, 2.24) is 29.8 Å². The molecule has 0 saturated carbocycles. The van der Waals surface area contributed by atoms with Gasteiger partial charge in [-0.1, -0.05) is 92.7 Å². The molecule has 3 aromatic heterocycles. The summed E-state index contributed by atoms with van der Waals surface area (Å²) >= 11 is 0. The largest absolute Gasteiger partial charge is 0.372 e. The maximum Gasteiger partial charge on any atom is 0.245 e. The molecule has 2 unspecified atom stereocenters. The van der Waals surface area contributed by atoms with E-state index in [1.807, 2.05) is 35.5 Å². The fourth-order valence-corrected chi connectivity index (χ4v) is 6.52. The minimum absolute atomic E-state index is 0.0733. The van der Waals surface area contributed by atoms with Gasteiger partial charge < -0.3 is 20.2 Å². The summed E-state index contributed by atoms with van der Waals surface area (Å²) in [6.07, 6.45) is 11.0. The Hall–Kier alpha value is -5.50. The molecular weight excluding hydrogens is 594 g/mol. The highest BCUT2D eigenvalue weighted by Crippen LogP contribution is 2.34. The first-order valence-corrected chi connectivity index (χ1v) is 16.8. The first-order valence-electron chi connectivity index (χ1n) is 16.8. The number of imidazole rings is 2. The van der Waals surface area contributed by atoms with Gasteiger partial charge in [0, 0.05) is 25.4 Å². The number of pyridine rings is 1. The van der Waals surface area contributed by atoms with Gasteiger partial charge in [-0.15, -0.1) is 0 Å². The Morgan fingerprint density at radius 3 is 2.12 bits per heavy atom. The van der Waals surface area contributed by atoms with Crippen LogP contribution in [0.1, 0.15) is 49.9 Å². The molecule has 8 nitrogen and oxygen atoms in total. The van der Waals surface area contributed by atoms with Gasteiger partial charge in [-0.25, -0.2) is 9.97 Å². The third-order valence-corrected chi connectivity index (χ3v) is 9.21. The van der Waals surface area contributed by atoms with Crippen molar-refractivity contribution in [1.29, 1.82) is 0 Å². The van der Waals surface area contributed by atoms with Crippen LogP contribution in [-0.4, -0.2) is 48.3 Å². The Morgan fingerprint density at radius 2 is 1.46 bits per heavy atom. The molecule has 48 heavy (non-hydrogen) atoms. The van der Waals surface area contributed by atoms with E-state index in [1.54, 1.807) is 12.4 Å². The van der Waals surface area contributed by atoms with Crippen LogP contribution in [0.15, 0.2) is 116 Å². The van der Waals surface area contributed by atoms with Crippen molar-refractivity contribution in [2.24, 2.45) is 5.92 Å². The van der Waals surface area contributed by atoms with Crippen LogP contribution >= 0.6 is 0 Å². The molecule has 0 radical (unpaired) electrons. The molecule has 1 amide bonds. The zero-order chi connectivity index (χ0) is 32.9. The van der Waals surface area contributed by atoms with Gasteiger partial charge in [0.1, 0.15) is 17.7 Å². The predicted molar refractivity (Wildman–Crippen MR) is 191 cm³/mol. The van der Waals surface area contributed by atoms with Crippen LogP contribution in [0.5, 0.6) is 0 Å². The number of aromatic amines is 2. The molecule has 1 fully saturated rings. The quantitative estimate of drug-likeness (QED) is 0.133. The van der Waals surface area contributed by atoms with Gasteiger partial charge in [0.15, 0.2) is 0 Å². The summed E-state index contributed by atoms with van der Waals surface area (Å²) in [6.45, 7) is 4.87. The summed E-state index contributed by atoms with van der Waals surface area (Å²) in [4.78, 5) is 36.4. The van der Waals surface area contributed by atoms with Gasteiger partial charge in [0.25, 0.3) is 0 Å². The molecule has 0 spiro atoms. The van der Waals surface area contributed by atoms with Crippen LogP contribution in [0.25, 0.3) is 33.6 Å². The molecule has 3 N–H and O–H groups in total. The van der Waals surface area contributed by atoms with E-state index in [2.05, 4.69) is 112 Å². The lowest BCUT2D eigenvalue weighted by atomic mass is 10.0. The Balaban J connectivity index is 0.996. The fourth-order valence-electron chi connectivity index (χ4n) is 6.52. The van der Waals surface area contributed by atoms with Gasteiger partial charge in [-0.05, 0) is 65.1 Å². The number of hydrogen-bond acceptors (Lipinski definition) is 5. The highest BCUT2D eigenvalue weighted by atomic mass is 16.2. The highest BCUT2D eigenvalue weighted by Gasteiger charge is 2.36. The molecule has 1 aliphatic rings. The lowest BCUT2D eigenvalue weighted by Crippen LogP contribution is -2.45. The van der Waals surface area contributed by atoms with Crippen molar-refractivity contribution in [3.63, 3.8) is 0 Å². The van der Waals surface area contributed by atoms with Crippen LogP contribution < -0.4 is 5.32 Å². The van der Waals surface area contributed by atoms with Gasteiger partial charge in [0.2, 0.25) is 5.91 Å². The second-order valence-corrected chi connectivity index (χ2v) is 12.9. The zero-order valence-electron chi connectivity index (χ0n) is 27.4. The van der Waals surface area contributed by atoms with Gasteiger partial charge in [-0.2, -0.15) is 0 Å². The third kappa shape index (κ3) is 6.93. The number of aromatic nitrogens is 5. The zero-order valence-corrected chi connectivity index (χ0v) is 27.4. The molecule has 6 aromatic rings. The number of nitrogens with zero attached hydrogens (tertiary/aromatic N) is 4. The molecule has 0 aliphatic carbocycles.